The Labute approximate surface area is 49.4 Å². The topological polar surface area (TPSA) is 41.1 Å². The third-order valence-electron chi connectivity index (χ3n) is 0.773. The summed E-state index contributed by atoms with van der Waals surface area (Å²) < 4.78 is 0. The number of nitrogens with one attached hydrogen (secondary N) is 2. The van der Waals surface area contributed by atoms with Crippen LogP contribution in [-0.4, -0.2) is 13.0 Å². The van der Waals surface area contributed by atoms with E-state index in [-0.39, 0.29) is 11.8 Å². The number of carbonyl (C=O) groups excluding carboxylic acids is 1. The van der Waals surface area contributed by atoms with E-state index >= 15 is 0 Å². The molecule has 0 spiro atoms. The molecule has 0 unspecified atom stereocenters. The van der Waals surface area contributed by atoms with E-state index in [9.17, 15) is 4.79 Å². The molecular weight excluding hydrogens is 104 g/mol. The minimum Gasteiger partial charge on any atom is -0.292 e. The second-order valence-corrected chi connectivity index (χ2v) is 1.89. The molecule has 2 N–H and O–H groups in total. The van der Waals surface area contributed by atoms with Gasteiger partial charge in [0.05, 0.1) is 0 Å². The van der Waals surface area contributed by atoms with Crippen LogP contribution in [0.25, 0.3) is 0 Å². The third kappa shape index (κ3) is 2.58. The normalized spacial score (nSPS) is 9.50. The first-order valence-corrected chi connectivity index (χ1v) is 2.65. The van der Waals surface area contributed by atoms with Gasteiger partial charge in [-0.2, -0.15) is 0 Å². The van der Waals surface area contributed by atoms with Crippen LogP contribution in [0.1, 0.15) is 13.8 Å². The molecule has 0 aliphatic carbocycles. The van der Waals surface area contributed by atoms with E-state index in [4.69, 9.17) is 0 Å². The van der Waals surface area contributed by atoms with Gasteiger partial charge < -0.3 is 0 Å². The summed E-state index contributed by atoms with van der Waals surface area (Å²) in [7, 11) is 1.67. The molecule has 0 bridgehead atoms. The van der Waals surface area contributed by atoms with Gasteiger partial charge in [-0.05, 0) is 0 Å². The molecule has 0 rings (SSSR count). The number of carbonyl (C=O) groups is 1. The van der Waals surface area contributed by atoms with Crippen LogP contribution in [0.15, 0.2) is 0 Å². The lowest BCUT2D eigenvalue weighted by Gasteiger charge is -2.03. The molecule has 0 atom stereocenters. The van der Waals surface area contributed by atoms with Gasteiger partial charge in [-0.1, -0.05) is 13.8 Å². The number of amides is 1. The molecule has 48 valence electrons. The van der Waals surface area contributed by atoms with Crippen LogP contribution in [0.3, 0.4) is 0 Å². The minimum absolute atomic E-state index is 0.0208. The Morgan fingerprint density at radius 3 is 2.12 bits per heavy atom. The van der Waals surface area contributed by atoms with Gasteiger partial charge >= 0.3 is 0 Å². The largest absolute Gasteiger partial charge is 0.292 e. The minimum atomic E-state index is 0.0208. The summed E-state index contributed by atoms with van der Waals surface area (Å²) in [6, 6.07) is 0. The quantitative estimate of drug-likeness (QED) is 0.494. The molecule has 0 saturated carbocycles. The predicted octanol–water partition coefficient (Wildman–Crippen LogP) is -0.107. The highest BCUT2D eigenvalue weighted by Crippen LogP contribution is 1.87. The van der Waals surface area contributed by atoms with Gasteiger partial charge in [0.1, 0.15) is 0 Å². The molecular formula is C5H12N2O. The lowest BCUT2D eigenvalue weighted by atomic mass is 10.2. The average molecular weight is 116 g/mol. The summed E-state index contributed by atoms with van der Waals surface area (Å²) >= 11 is 0. The zero-order valence-corrected chi connectivity index (χ0v) is 5.49. The van der Waals surface area contributed by atoms with Crippen molar-refractivity contribution >= 4 is 5.91 Å². The summed E-state index contributed by atoms with van der Waals surface area (Å²) in [4.78, 5) is 10.6. The molecule has 0 aliphatic heterocycles. The first-order valence-electron chi connectivity index (χ1n) is 2.65. The van der Waals surface area contributed by atoms with Gasteiger partial charge in [0.25, 0.3) is 0 Å². The van der Waals surface area contributed by atoms with Crippen molar-refractivity contribution < 1.29 is 4.79 Å². The van der Waals surface area contributed by atoms with Crippen LogP contribution in [0.4, 0.5) is 0 Å². The van der Waals surface area contributed by atoms with Crippen molar-refractivity contribution in [2.24, 2.45) is 5.92 Å². The second kappa shape index (κ2) is 3.43. The molecule has 0 fully saturated rings. The van der Waals surface area contributed by atoms with Crippen molar-refractivity contribution in [1.29, 1.82) is 0 Å². The predicted molar refractivity (Wildman–Crippen MR) is 32.0 cm³/mol. The zero-order valence-electron chi connectivity index (χ0n) is 5.49. The zero-order chi connectivity index (χ0) is 6.57. The van der Waals surface area contributed by atoms with Crippen molar-refractivity contribution in [3.05, 3.63) is 0 Å². The van der Waals surface area contributed by atoms with E-state index in [1.165, 1.54) is 0 Å². The Morgan fingerprint density at radius 2 is 2.00 bits per heavy atom. The highest BCUT2D eigenvalue weighted by Gasteiger charge is 2.02. The van der Waals surface area contributed by atoms with Crippen LogP contribution < -0.4 is 10.9 Å². The lowest BCUT2D eigenvalue weighted by molar-refractivity contribution is -0.124. The first kappa shape index (κ1) is 7.43. The molecule has 0 aromatic heterocycles. The summed E-state index contributed by atoms with van der Waals surface area (Å²) in [6.45, 7) is 3.68. The van der Waals surface area contributed by atoms with Crippen molar-refractivity contribution in [1.82, 2.24) is 10.9 Å². The maximum atomic E-state index is 10.6. The Kier molecular flexibility index (Phi) is 3.19. The van der Waals surface area contributed by atoms with Crippen LogP contribution in [0.2, 0.25) is 0 Å². The highest BCUT2D eigenvalue weighted by atomic mass is 16.2. The van der Waals surface area contributed by atoms with E-state index in [1.54, 1.807) is 7.05 Å². The van der Waals surface area contributed by atoms with Gasteiger partial charge in [-0.25, -0.2) is 5.43 Å². The SMILES string of the molecule is CNNC(=O)C(C)C. The molecule has 0 aliphatic rings. The highest BCUT2D eigenvalue weighted by molar-refractivity contribution is 5.77. The van der Waals surface area contributed by atoms with E-state index in [1.807, 2.05) is 13.8 Å². The lowest BCUT2D eigenvalue weighted by Crippen LogP contribution is -2.36. The molecule has 0 heterocycles. The summed E-state index contributed by atoms with van der Waals surface area (Å²) in [5.41, 5.74) is 5.01. The van der Waals surface area contributed by atoms with E-state index in [2.05, 4.69) is 10.9 Å². The summed E-state index contributed by atoms with van der Waals surface area (Å²) in [5, 5.41) is 0. The maximum absolute atomic E-state index is 10.6. The van der Waals surface area contributed by atoms with Crippen LogP contribution in [-0.2, 0) is 4.79 Å². The van der Waals surface area contributed by atoms with E-state index in [0.29, 0.717) is 0 Å². The Morgan fingerprint density at radius 1 is 1.50 bits per heavy atom. The van der Waals surface area contributed by atoms with Gasteiger partial charge in [-0.3, -0.25) is 10.2 Å². The second-order valence-electron chi connectivity index (χ2n) is 1.89. The third-order valence-corrected chi connectivity index (χ3v) is 0.773. The maximum Gasteiger partial charge on any atom is 0.236 e. The summed E-state index contributed by atoms with van der Waals surface area (Å²) in [6.07, 6.45) is 0. The van der Waals surface area contributed by atoms with Gasteiger partial charge in [0.15, 0.2) is 0 Å². The number of hydrogen-bond acceptors (Lipinski definition) is 2. The Balaban J connectivity index is 3.33. The monoisotopic (exact) mass is 116 g/mol. The van der Waals surface area contributed by atoms with Gasteiger partial charge in [-0.15, -0.1) is 0 Å². The van der Waals surface area contributed by atoms with Gasteiger partial charge in [0, 0.05) is 13.0 Å². The number of hydrazine groups is 1. The van der Waals surface area contributed by atoms with Crippen LogP contribution in [0, 0.1) is 5.92 Å². The van der Waals surface area contributed by atoms with E-state index < -0.39 is 0 Å². The van der Waals surface area contributed by atoms with Crippen molar-refractivity contribution in [2.75, 3.05) is 7.05 Å². The molecule has 3 nitrogen and oxygen atoms in total. The Hall–Kier alpha value is -0.570. The molecule has 0 saturated heterocycles. The average Bonchev–Trinajstić information content (AvgIpc) is 1.67. The van der Waals surface area contributed by atoms with Crippen LogP contribution >= 0.6 is 0 Å². The summed E-state index contributed by atoms with van der Waals surface area (Å²) in [5.74, 6) is 0.0787. The molecule has 0 aromatic rings. The standard InChI is InChI=1S/C5H12N2O/c1-4(2)5(8)7-6-3/h4,6H,1-3H3,(H,7,8). The first-order chi connectivity index (χ1) is 3.68. The van der Waals surface area contributed by atoms with Gasteiger partial charge in [0.2, 0.25) is 5.91 Å². The number of hydrogen-bond donors (Lipinski definition) is 2. The molecule has 1 amide bonds. The Bertz CT molecular complexity index is 80.5. The molecule has 8 heavy (non-hydrogen) atoms. The fourth-order valence-corrected chi connectivity index (χ4v) is 0.268. The van der Waals surface area contributed by atoms with Crippen molar-refractivity contribution in [2.45, 2.75) is 13.8 Å². The van der Waals surface area contributed by atoms with E-state index in [0.717, 1.165) is 0 Å². The van der Waals surface area contributed by atoms with Crippen molar-refractivity contribution in [3.63, 3.8) is 0 Å². The molecule has 0 aromatic carbocycles. The van der Waals surface area contributed by atoms with Crippen LogP contribution in [0.5, 0.6) is 0 Å². The van der Waals surface area contributed by atoms with Crippen molar-refractivity contribution in [3.8, 4) is 0 Å². The smallest absolute Gasteiger partial charge is 0.236 e. The number of rotatable bonds is 2. The molecule has 3 heteroatoms. The molecule has 0 radical (unpaired) electrons. The fraction of sp³-hybridized carbons (Fsp3) is 0.800. The fourth-order valence-electron chi connectivity index (χ4n) is 0.268.